The first-order valence-electron chi connectivity index (χ1n) is 9.79. The number of aryl methyl sites for hydroxylation is 1. The predicted molar refractivity (Wildman–Crippen MR) is 117 cm³/mol. The maximum atomic E-state index is 12.0. The molecule has 0 aliphatic carbocycles. The summed E-state index contributed by atoms with van der Waals surface area (Å²) in [7, 11) is 0. The molecule has 0 spiro atoms. The van der Waals surface area contributed by atoms with E-state index in [1.54, 1.807) is 0 Å². The molecule has 2 aromatic carbocycles. The van der Waals surface area contributed by atoms with E-state index in [1.165, 1.54) is 36.0 Å². The average Bonchev–Trinajstić information content (AvgIpc) is 2.80. The largest absolute Gasteiger partial charge is 0.493 e. The quantitative estimate of drug-likeness (QED) is 0.322. The van der Waals surface area contributed by atoms with Gasteiger partial charge in [0, 0.05) is 36.0 Å². The highest BCUT2D eigenvalue weighted by Gasteiger charge is 2.08. The number of rotatable bonds is 9. The van der Waals surface area contributed by atoms with Crippen LogP contribution in [0.2, 0.25) is 0 Å². The zero-order valence-electron chi connectivity index (χ0n) is 17.0. The molecule has 0 aliphatic rings. The minimum atomic E-state index is -0.520. The van der Waals surface area contributed by atoms with Crippen LogP contribution in [0.3, 0.4) is 0 Å². The van der Waals surface area contributed by atoms with Crippen molar-refractivity contribution in [2.24, 2.45) is 5.10 Å². The van der Waals surface area contributed by atoms with Crippen molar-refractivity contribution in [1.82, 2.24) is 10.4 Å². The summed E-state index contributed by atoms with van der Waals surface area (Å²) in [6.07, 6.45) is 5.10. The van der Waals surface area contributed by atoms with Gasteiger partial charge >= 0.3 is 0 Å². The van der Waals surface area contributed by atoms with Crippen LogP contribution >= 0.6 is 0 Å². The second-order valence-corrected chi connectivity index (χ2v) is 6.68. The molecule has 0 aliphatic heterocycles. The molecule has 0 saturated carbocycles. The number of hydrogen-bond acceptors (Lipinski definition) is 6. The number of nitrogens with zero attached hydrogens (tertiary/aromatic N) is 3. The van der Waals surface area contributed by atoms with Crippen molar-refractivity contribution in [1.29, 1.82) is 0 Å². The molecule has 8 heteroatoms. The van der Waals surface area contributed by atoms with Crippen molar-refractivity contribution >= 4 is 17.8 Å². The number of hydrogen-bond donors (Lipinski definition) is 1. The molecule has 3 aromatic rings. The number of benzene rings is 2. The van der Waals surface area contributed by atoms with E-state index in [0.717, 1.165) is 29.8 Å². The fraction of sp³-hybridized carbons (Fsp3) is 0.174. The minimum absolute atomic E-state index is 0.0759. The molecule has 0 bridgehead atoms. The Morgan fingerprint density at radius 1 is 1.13 bits per heavy atom. The molecule has 31 heavy (non-hydrogen) atoms. The van der Waals surface area contributed by atoms with Crippen LogP contribution in [-0.2, 0) is 12.8 Å². The van der Waals surface area contributed by atoms with Gasteiger partial charge in [-0.3, -0.25) is 19.9 Å². The van der Waals surface area contributed by atoms with Crippen LogP contribution in [0.25, 0.3) is 0 Å². The van der Waals surface area contributed by atoms with Crippen molar-refractivity contribution in [2.45, 2.75) is 19.8 Å². The highest BCUT2D eigenvalue weighted by Crippen LogP contribution is 2.13. The SMILES string of the molecule is CCc1ccc(CCOc2ccc(/C=N/NC(=O)c3ccc([N+](=O)[O-])cc3)cc2)nc1. The second kappa shape index (κ2) is 10.6. The third kappa shape index (κ3) is 6.46. The highest BCUT2D eigenvalue weighted by molar-refractivity contribution is 5.95. The third-order valence-electron chi connectivity index (χ3n) is 4.52. The standard InChI is InChI=1S/C23H22N4O4/c1-2-17-3-8-20(24-15-17)13-14-31-22-11-4-18(5-12-22)16-25-26-23(28)19-6-9-21(10-7-19)27(29)30/h3-12,15-16H,2,13-14H2,1H3,(H,26,28)/b25-16+. The van der Waals surface area contributed by atoms with Crippen molar-refractivity contribution in [3.63, 3.8) is 0 Å². The number of hydrazone groups is 1. The molecular weight excluding hydrogens is 396 g/mol. The van der Waals surface area contributed by atoms with E-state index >= 15 is 0 Å². The lowest BCUT2D eigenvalue weighted by atomic mass is 10.2. The van der Waals surface area contributed by atoms with E-state index in [9.17, 15) is 14.9 Å². The van der Waals surface area contributed by atoms with E-state index in [-0.39, 0.29) is 11.3 Å². The summed E-state index contributed by atoms with van der Waals surface area (Å²) in [6.45, 7) is 2.62. The zero-order chi connectivity index (χ0) is 22.1. The first-order valence-corrected chi connectivity index (χ1v) is 9.79. The molecule has 1 heterocycles. The van der Waals surface area contributed by atoms with Crippen molar-refractivity contribution in [2.75, 3.05) is 6.61 Å². The Labute approximate surface area is 179 Å². The van der Waals surface area contributed by atoms with Crippen LogP contribution in [0.5, 0.6) is 5.75 Å². The lowest BCUT2D eigenvalue weighted by molar-refractivity contribution is -0.384. The summed E-state index contributed by atoms with van der Waals surface area (Å²) in [5.41, 5.74) is 5.59. The summed E-state index contributed by atoms with van der Waals surface area (Å²) >= 11 is 0. The van der Waals surface area contributed by atoms with Gasteiger partial charge in [0.1, 0.15) is 5.75 Å². The van der Waals surface area contributed by atoms with Crippen molar-refractivity contribution in [3.05, 3.63) is 99.4 Å². The molecule has 158 valence electrons. The molecule has 0 atom stereocenters. The van der Waals surface area contributed by atoms with Gasteiger partial charge in [-0.25, -0.2) is 5.43 Å². The van der Waals surface area contributed by atoms with Crippen LogP contribution in [0.4, 0.5) is 5.69 Å². The number of pyridine rings is 1. The Morgan fingerprint density at radius 3 is 2.48 bits per heavy atom. The maximum absolute atomic E-state index is 12.0. The lowest BCUT2D eigenvalue weighted by Crippen LogP contribution is -2.17. The molecular formula is C23H22N4O4. The summed E-state index contributed by atoms with van der Waals surface area (Å²) in [5.74, 6) is 0.281. The van der Waals surface area contributed by atoms with Crippen LogP contribution < -0.4 is 10.2 Å². The maximum Gasteiger partial charge on any atom is 0.271 e. The van der Waals surface area contributed by atoms with Gasteiger partial charge < -0.3 is 4.74 Å². The predicted octanol–water partition coefficient (Wildman–Crippen LogP) is 3.94. The summed E-state index contributed by atoms with van der Waals surface area (Å²) in [5, 5.41) is 14.6. The Kier molecular flexibility index (Phi) is 7.42. The molecule has 0 fully saturated rings. The topological polar surface area (TPSA) is 107 Å². The number of nitro groups is 1. The third-order valence-corrected chi connectivity index (χ3v) is 4.52. The van der Waals surface area contributed by atoms with Crippen LogP contribution in [-0.4, -0.2) is 28.6 Å². The van der Waals surface area contributed by atoms with Crippen molar-refractivity contribution in [3.8, 4) is 5.75 Å². The number of nitro benzene ring substituents is 1. The molecule has 3 rings (SSSR count). The first-order chi connectivity index (χ1) is 15.0. The fourth-order valence-electron chi connectivity index (χ4n) is 2.70. The Hall–Kier alpha value is -4.07. The second-order valence-electron chi connectivity index (χ2n) is 6.68. The number of amides is 1. The van der Waals surface area contributed by atoms with Gasteiger partial charge in [0.15, 0.2) is 0 Å². The van der Waals surface area contributed by atoms with E-state index in [4.69, 9.17) is 4.74 Å². The number of aromatic nitrogens is 1. The molecule has 0 radical (unpaired) electrons. The van der Waals surface area contributed by atoms with Gasteiger partial charge in [-0.05, 0) is 60.0 Å². The van der Waals surface area contributed by atoms with Gasteiger partial charge in [-0.2, -0.15) is 5.10 Å². The molecule has 0 unspecified atom stereocenters. The first kappa shape index (κ1) is 21.6. The Balaban J connectivity index is 1.45. The lowest BCUT2D eigenvalue weighted by Gasteiger charge is -2.06. The van der Waals surface area contributed by atoms with Crippen molar-refractivity contribution < 1.29 is 14.5 Å². The smallest absolute Gasteiger partial charge is 0.271 e. The van der Waals surface area contributed by atoms with Crippen LogP contribution in [0, 0.1) is 10.1 Å². The van der Waals surface area contributed by atoms with E-state index in [0.29, 0.717) is 6.61 Å². The van der Waals surface area contributed by atoms with Gasteiger partial charge in [0.25, 0.3) is 11.6 Å². The van der Waals surface area contributed by atoms with Crippen LogP contribution in [0.15, 0.2) is 72.0 Å². The van der Waals surface area contributed by atoms with E-state index in [1.807, 2.05) is 36.5 Å². The normalized spacial score (nSPS) is 10.7. The van der Waals surface area contributed by atoms with E-state index < -0.39 is 10.8 Å². The van der Waals surface area contributed by atoms with Crippen LogP contribution in [0.1, 0.15) is 34.1 Å². The summed E-state index contributed by atoms with van der Waals surface area (Å²) in [4.78, 5) is 26.6. The van der Waals surface area contributed by atoms with Gasteiger partial charge in [0.2, 0.25) is 0 Å². The zero-order valence-corrected chi connectivity index (χ0v) is 17.0. The molecule has 0 saturated heterocycles. The highest BCUT2D eigenvalue weighted by atomic mass is 16.6. The minimum Gasteiger partial charge on any atom is -0.493 e. The molecule has 1 aromatic heterocycles. The van der Waals surface area contributed by atoms with E-state index in [2.05, 4.69) is 28.5 Å². The Bertz CT molecular complexity index is 1050. The average molecular weight is 418 g/mol. The van der Waals surface area contributed by atoms with Gasteiger partial charge in [-0.15, -0.1) is 0 Å². The number of carbonyl (C=O) groups excluding carboxylic acids is 1. The number of ether oxygens (including phenoxy) is 1. The Morgan fingerprint density at radius 2 is 1.87 bits per heavy atom. The number of non-ortho nitro benzene ring substituents is 1. The summed E-state index contributed by atoms with van der Waals surface area (Å²) < 4.78 is 5.75. The molecule has 8 nitrogen and oxygen atoms in total. The summed E-state index contributed by atoms with van der Waals surface area (Å²) in [6, 6.07) is 16.7. The van der Waals surface area contributed by atoms with Gasteiger partial charge in [-0.1, -0.05) is 13.0 Å². The number of nitrogens with one attached hydrogen (secondary N) is 1. The fourth-order valence-corrected chi connectivity index (χ4v) is 2.70. The molecule has 1 amide bonds. The van der Waals surface area contributed by atoms with Gasteiger partial charge in [0.05, 0.1) is 17.7 Å². The number of carbonyl (C=O) groups is 1. The molecule has 1 N–H and O–H groups in total. The monoisotopic (exact) mass is 418 g/mol.